The third-order valence-corrected chi connectivity index (χ3v) is 4.40. The number of guanidine groups is 1. The minimum atomic E-state index is -0.539. The molecule has 0 aliphatic carbocycles. The van der Waals surface area contributed by atoms with Gasteiger partial charge in [0.05, 0.1) is 22.8 Å². The largest absolute Gasteiger partial charge is 0.359 e. The highest BCUT2D eigenvalue weighted by Gasteiger charge is 2.26. The first kappa shape index (κ1) is 22.5. The summed E-state index contributed by atoms with van der Waals surface area (Å²) in [5.41, 5.74) is -0.539. The molecule has 0 aliphatic heterocycles. The van der Waals surface area contributed by atoms with Crippen LogP contribution in [0.3, 0.4) is 0 Å². The second-order valence-electron chi connectivity index (χ2n) is 5.70. The lowest BCUT2D eigenvalue weighted by molar-refractivity contribution is -0.128. The van der Waals surface area contributed by atoms with Crippen molar-refractivity contribution in [3.63, 3.8) is 0 Å². The van der Waals surface area contributed by atoms with Crippen molar-refractivity contribution >= 4 is 58.8 Å². The Morgan fingerprint density at radius 1 is 1.43 bits per heavy atom. The van der Waals surface area contributed by atoms with Gasteiger partial charge in [0.25, 0.3) is 0 Å². The van der Waals surface area contributed by atoms with Gasteiger partial charge in [-0.1, -0.05) is 11.6 Å². The number of halogens is 2. The summed E-state index contributed by atoms with van der Waals surface area (Å²) in [6.07, 6.45) is 0. The average Bonchev–Trinajstić information content (AvgIpc) is 2.87. The number of amides is 1. The predicted octanol–water partition coefficient (Wildman–Crippen LogP) is 3.19. The lowest BCUT2D eigenvalue weighted by atomic mass is 9.93. The van der Waals surface area contributed by atoms with Crippen molar-refractivity contribution in [1.29, 1.82) is 0 Å². The molecule has 23 heavy (non-hydrogen) atoms. The van der Waals surface area contributed by atoms with Crippen molar-refractivity contribution in [3.05, 3.63) is 21.3 Å². The molecule has 0 aliphatic rings. The molecule has 0 fully saturated rings. The third kappa shape index (κ3) is 7.26. The van der Waals surface area contributed by atoms with Gasteiger partial charge in [-0.15, -0.1) is 35.3 Å². The summed E-state index contributed by atoms with van der Waals surface area (Å²) in [6.45, 7) is 7.72. The molecular weight excluding hydrogens is 447 g/mol. The normalized spacial score (nSPS) is 11.7. The Kier molecular flexibility index (Phi) is 10.1. The minimum Gasteiger partial charge on any atom is -0.359 e. The highest BCUT2D eigenvalue weighted by molar-refractivity contribution is 14.0. The Balaban J connectivity index is 0.00000484. The van der Waals surface area contributed by atoms with Crippen LogP contribution in [0, 0.1) is 5.41 Å². The smallest absolute Gasteiger partial charge is 0.227 e. The highest BCUT2D eigenvalue weighted by atomic mass is 127. The molecule has 8 heteroatoms. The minimum absolute atomic E-state index is 0. The van der Waals surface area contributed by atoms with Gasteiger partial charge in [-0.25, -0.2) is 0 Å². The van der Waals surface area contributed by atoms with E-state index in [0.717, 1.165) is 23.4 Å². The van der Waals surface area contributed by atoms with Crippen LogP contribution >= 0.6 is 46.9 Å². The van der Waals surface area contributed by atoms with E-state index < -0.39 is 5.41 Å². The van der Waals surface area contributed by atoms with Gasteiger partial charge in [0, 0.05) is 25.5 Å². The fraction of sp³-hybridized carbons (Fsp3) is 0.600. The summed E-state index contributed by atoms with van der Waals surface area (Å²) in [5.74, 6) is 0.767. The Morgan fingerprint density at radius 3 is 2.57 bits per heavy atom. The standard InChI is InChI=1S/C15H25ClN4OS.HI/c1-6-18-14(19-10-15(2,3)13(21)17-4)20(5)9-11-7-8-12(16)22-11;/h7-8H,6,9-10H2,1-5H3,(H,17,21)(H,18,19);1H. The number of aliphatic imine (C=N–C) groups is 1. The van der Waals surface area contributed by atoms with Crippen LogP contribution < -0.4 is 10.6 Å². The molecule has 1 aromatic heterocycles. The van der Waals surface area contributed by atoms with Gasteiger partial charge < -0.3 is 15.5 Å². The maximum atomic E-state index is 11.8. The molecule has 0 bridgehead atoms. The van der Waals surface area contributed by atoms with E-state index in [2.05, 4.69) is 15.6 Å². The van der Waals surface area contributed by atoms with Crippen molar-refractivity contribution in [2.45, 2.75) is 27.3 Å². The number of hydrogen-bond acceptors (Lipinski definition) is 3. The van der Waals surface area contributed by atoms with Gasteiger partial charge in [0.1, 0.15) is 0 Å². The van der Waals surface area contributed by atoms with Crippen molar-refractivity contribution in [2.75, 3.05) is 27.2 Å². The molecule has 0 atom stereocenters. The molecular formula is C15H26ClIN4OS. The van der Waals surface area contributed by atoms with E-state index >= 15 is 0 Å². The van der Waals surface area contributed by atoms with E-state index in [1.807, 2.05) is 44.9 Å². The van der Waals surface area contributed by atoms with Crippen LogP contribution in [0.2, 0.25) is 4.34 Å². The second kappa shape index (κ2) is 10.4. The number of hydrogen-bond donors (Lipinski definition) is 2. The molecule has 1 amide bonds. The molecule has 1 heterocycles. The van der Waals surface area contributed by atoms with Crippen LogP contribution in [-0.4, -0.2) is 44.0 Å². The SMILES string of the molecule is CCNC(=NCC(C)(C)C(=O)NC)N(C)Cc1ccc(Cl)s1.I. The van der Waals surface area contributed by atoms with E-state index in [0.29, 0.717) is 6.54 Å². The summed E-state index contributed by atoms with van der Waals surface area (Å²) in [6, 6.07) is 3.91. The summed E-state index contributed by atoms with van der Waals surface area (Å²) >= 11 is 7.53. The van der Waals surface area contributed by atoms with Crippen LogP contribution in [0.1, 0.15) is 25.6 Å². The second-order valence-corrected chi connectivity index (χ2v) is 7.49. The van der Waals surface area contributed by atoms with Gasteiger partial charge >= 0.3 is 0 Å². The first-order valence-corrected chi connectivity index (χ1v) is 8.45. The molecule has 0 saturated carbocycles. The predicted molar refractivity (Wildman–Crippen MR) is 110 cm³/mol. The molecule has 0 radical (unpaired) electrons. The molecule has 0 saturated heterocycles. The van der Waals surface area contributed by atoms with Crippen molar-refractivity contribution < 1.29 is 4.79 Å². The number of nitrogens with zero attached hydrogens (tertiary/aromatic N) is 2. The van der Waals surface area contributed by atoms with E-state index in [4.69, 9.17) is 11.6 Å². The highest BCUT2D eigenvalue weighted by Crippen LogP contribution is 2.22. The fourth-order valence-electron chi connectivity index (χ4n) is 1.90. The quantitative estimate of drug-likeness (QED) is 0.380. The van der Waals surface area contributed by atoms with Crippen LogP contribution in [-0.2, 0) is 11.3 Å². The van der Waals surface area contributed by atoms with Gasteiger partial charge in [0.2, 0.25) is 5.91 Å². The first-order valence-electron chi connectivity index (χ1n) is 7.26. The van der Waals surface area contributed by atoms with E-state index in [1.54, 1.807) is 18.4 Å². The maximum absolute atomic E-state index is 11.8. The van der Waals surface area contributed by atoms with E-state index in [9.17, 15) is 4.79 Å². The van der Waals surface area contributed by atoms with Crippen LogP contribution in [0.4, 0.5) is 0 Å². The zero-order chi connectivity index (χ0) is 16.8. The number of thiophene rings is 1. The molecule has 132 valence electrons. The Labute approximate surface area is 164 Å². The molecule has 5 nitrogen and oxygen atoms in total. The monoisotopic (exact) mass is 472 g/mol. The van der Waals surface area contributed by atoms with Crippen LogP contribution in [0.25, 0.3) is 0 Å². The lowest BCUT2D eigenvalue weighted by Crippen LogP contribution is -2.41. The fourth-order valence-corrected chi connectivity index (χ4v) is 3.04. The zero-order valence-electron chi connectivity index (χ0n) is 14.3. The summed E-state index contributed by atoms with van der Waals surface area (Å²) < 4.78 is 0.783. The molecule has 0 aromatic carbocycles. The lowest BCUT2D eigenvalue weighted by Gasteiger charge is -2.24. The maximum Gasteiger partial charge on any atom is 0.227 e. The van der Waals surface area contributed by atoms with Gasteiger partial charge in [-0.3, -0.25) is 9.79 Å². The Hall–Kier alpha value is -0.540. The van der Waals surface area contributed by atoms with Crippen LogP contribution in [0.15, 0.2) is 17.1 Å². The number of carbonyl (C=O) groups is 1. The Morgan fingerprint density at radius 2 is 2.09 bits per heavy atom. The van der Waals surface area contributed by atoms with E-state index in [1.165, 1.54) is 4.88 Å². The third-order valence-electron chi connectivity index (χ3n) is 3.18. The number of rotatable bonds is 6. The molecule has 0 unspecified atom stereocenters. The van der Waals surface area contributed by atoms with Crippen molar-refractivity contribution in [1.82, 2.24) is 15.5 Å². The van der Waals surface area contributed by atoms with Gasteiger partial charge in [0.15, 0.2) is 5.96 Å². The zero-order valence-corrected chi connectivity index (χ0v) is 18.2. The topological polar surface area (TPSA) is 56.7 Å². The summed E-state index contributed by atoms with van der Waals surface area (Å²) in [7, 11) is 3.62. The van der Waals surface area contributed by atoms with E-state index in [-0.39, 0.29) is 29.9 Å². The van der Waals surface area contributed by atoms with Gasteiger partial charge in [-0.2, -0.15) is 0 Å². The Bertz CT molecular complexity index is 533. The molecule has 1 rings (SSSR count). The summed E-state index contributed by atoms with van der Waals surface area (Å²) in [5, 5.41) is 5.93. The van der Waals surface area contributed by atoms with Crippen molar-refractivity contribution in [2.24, 2.45) is 10.4 Å². The van der Waals surface area contributed by atoms with Gasteiger partial charge in [-0.05, 0) is 32.9 Å². The first-order chi connectivity index (χ1) is 10.3. The number of carbonyl (C=O) groups excluding carboxylic acids is 1. The number of nitrogens with one attached hydrogen (secondary N) is 2. The van der Waals surface area contributed by atoms with Crippen molar-refractivity contribution in [3.8, 4) is 0 Å². The molecule has 2 N–H and O–H groups in total. The molecule has 0 spiro atoms. The average molecular weight is 473 g/mol. The summed E-state index contributed by atoms with van der Waals surface area (Å²) in [4.78, 5) is 19.6. The molecule has 1 aromatic rings. The van der Waals surface area contributed by atoms with Crippen LogP contribution in [0.5, 0.6) is 0 Å².